The number of benzene rings is 2. The molecule has 9 nitrogen and oxygen atoms in total. The van der Waals surface area contributed by atoms with E-state index in [1.54, 1.807) is 40.0 Å². The van der Waals surface area contributed by atoms with Crippen LogP contribution >= 0.6 is 23.2 Å². The largest absolute Gasteiger partial charge is 0.456 e. The van der Waals surface area contributed by atoms with Gasteiger partial charge in [-0.3, -0.25) is 9.69 Å². The maximum Gasteiger partial charge on any atom is 0.407 e. The summed E-state index contributed by atoms with van der Waals surface area (Å²) in [6.07, 6.45) is 2.22. The number of carbonyl (C=O) groups is 2. The van der Waals surface area contributed by atoms with Crippen LogP contribution in [0.2, 0.25) is 10.0 Å². The number of halogens is 3. The first-order valence-corrected chi connectivity index (χ1v) is 17.1. The molecule has 2 saturated heterocycles. The van der Waals surface area contributed by atoms with Gasteiger partial charge in [0, 0.05) is 36.6 Å². The maximum atomic E-state index is 15.1. The number of likely N-dealkylation sites (tertiary alicyclic amines) is 1. The zero-order valence-electron chi connectivity index (χ0n) is 27.9. The third kappa shape index (κ3) is 10.4. The van der Waals surface area contributed by atoms with E-state index in [1.165, 1.54) is 0 Å². The highest BCUT2D eigenvalue weighted by Crippen LogP contribution is 2.34. The van der Waals surface area contributed by atoms with Crippen LogP contribution in [0, 0.1) is 5.92 Å². The van der Waals surface area contributed by atoms with E-state index in [4.69, 9.17) is 32.7 Å². The van der Waals surface area contributed by atoms with E-state index in [2.05, 4.69) is 26.6 Å². The van der Waals surface area contributed by atoms with Gasteiger partial charge < -0.3 is 25.0 Å². The lowest BCUT2D eigenvalue weighted by atomic mass is 9.96. The van der Waals surface area contributed by atoms with Crippen molar-refractivity contribution >= 4 is 41.0 Å². The average Bonchev–Trinajstić information content (AvgIpc) is 3.00. The lowest BCUT2D eigenvalue weighted by molar-refractivity contribution is -0.119. The fourth-order valence-corrected chi connectivity index (χ4v) is 6.61. The Bertz CT molecular complexity index is 1560. The quantitative estimate of drug-likeness (QED) is 0.237. The molecule has 3 aromatic rings. The van der Waals surface area contributed by atoms with Crippen molar-refractivity contribution in [3.8, 4) is 22.6 Å². The van der Waals surface area contributed by atoms with Crippen molar-refractivity contribution in [2.75, 3.05) is 37.6 Å². The molecule has 2 N–H and O–H groups in total. The molecular formula is C36H44Cl2FN5O4. The summed E-state index contributed by atoms with van der Waals surface area (Å²) in [4.78, 5) is 32.3. The SMILES string of the molecule is CC(=O)NCC1CCN(Cc2cc(Oc3ccc(N4CC[C@H](NC(=O)OC(C)(C)C)[C@H](F)C4)nc3)cc(-c3cc(Cl)cc(Cl)c3)c2)CC1. The minimum absolute atomic E-state index is 0.00968. The van der Waals surface area contributed by atoms with E-state index in [1.807, 2.05) is 41.3 Å². The predicted molar refractivity (Wildman–Crippen MR) is 188 cm³/mol. The molecule has 258 valence electrons. The average molecular weight is 701 g/mol. The van der Waals surface area contributed by atoms with Crippen molar-refractivity contribution in [3.63, 3.8) is 0 Å². The van der Waals surface area contributed by atoms with Crippen LogP contribution in [0.15, 0.2) is 54.7 Å². The number of piperidine rings is 2. The second-order valence-electron chi connectivity index (χ2n) is 13.6. The first-order valence-electron chi connectivity index (χ1n) is 16.4. The molecule has 12 heteroatoms. The van der Waals surface area contributed by atoms with Crippen molar-refractivity contribution in [1.29, 1.82) is 0 Å². The first kappa shape index (κ1) is 35.7. The Hall–Kier alpha value is -3.60. The standard InChI is InChI=1S/C36H44Cl2FN5O4/c1-23(45)40-19-24-7-10-43(11-8-24)21-25-13-26(27-15-28(37)18-29(38)16-27)17-31(14-25)47-30-5-6-34(41-20-30)44-12-9-33(32(39)22-44)42-35(46)48-36(2,3)4/h5-6,13-18,20,24,32-33H,7-12,19,21-22H2,1-4H3,(H,40,45)(H,42,46)/t32-,33+/m1/s1. The zero-order valence-corrected chi connectivity index (χ0v) is 29.4. The van der Waals surface area contributed by atoms with E-state index in [0.29, 0.717) is 46.2 Å². The summed E-state index contributed by atoms with van der Waals surface area (Å²) >= 11 is 12.7. The molecule has 2 aliphatic heterocycles. The second kappa shape index (κ2) is 15.7. The number of nitrogens with one attached hydrogen (secondary N) is 2. The summed E-state index contributed by atoms with van der Waals surface area (Å²) in [5.74, 6) is 2.31. The zero-order chi connectivity index (χ0) is 34.4. The van der Waals surface area contributed by atoms with E-state index < -0.39 is 23.9 Å². The van der Waals surface area contributed by atoms with Crippen LogP contribution < -0.4 is 20.3 Å². The van der Waals surface area contributed by atoms with Gasteiger partial charge in [0.1, 0.15) is 29.1 Å². The van der Waals surface area contributed by atoms with Gasteiger partial charge >= 0.3 is 6.09 Å². The number of amides is 2. The Kier molecular flexibility index (Phi) is 11.7. The number of rotatable bonds is 9. The summed E-state index contributed by atoms with van der Waals surface area (Å²) in [6, 6.07) is 14.6. The fraction of sp³-hybridized carbons (Fsp3) is 0.472. The Morgan fingerprint density at radius 1 is 0.958 bits per heavy atom. The Morgan fingerprint density at radius 2 is 1.67 bits per heavy atom. The molecule has 2 aliphatic rings. The van der Waals surface area contributed by atoms with Gasteiger partial charge in [-0.25, -0.2) is 14.2 Å². The third-order valence-electron chi connectivity index (χ3n) is 8.44. The van der Waals surface area contributed by atoms with Crippen molar-refractivity contribution in [2.45, 2.75) is 71.3 Å². The lowest BCUT2D eigenvalue weighted by Gasteiger charge is -2.36. The molecule has 2 aromatic carbocycles. The molecule has 2 amide bonds. The predicted octanol–water partition coefficient (Wildman–Crippen LogP) is 7.64. The van der Waals surface area contributed by atoms with Gasteiger partial charge in [-0.2, -0.15) is 0 Å². The topological polar surface area (TPSA) is 96.0 Å². The number of hydrogen-bond donors (Lipinski definition) is 2. The van der Waals surface area contributed by atoms with Crippen molar-refractivity contribution in [3.05, 3.63) is 70.3 Å². The summed E-state index contributed by atoms with van der Waals surface area (Å²) in [6.45, 7) is 10.8. The molecule has 0 aliphatic carbocycles. The van der Waals surface area contributed by atoms with Gasteiger partial charge in [-0.05, 0) is 124 Å². The molecule has 3 heterocycles. The summed E-state index contributed by atoms with van der Waals surface area (Å²) < 4.78 is 26.7. The molecule has 0 spiro atoms. The number of nitrogens with zero attached hydrogens (tertiary/aromatic N) is 3. The van der Waals surface area contributed by atoms with Crippen LogP contribution in [0.5, 0.6) is 11.5 Å². The summed E-state index contributed by atoms with van der Waals surface area (Å²) in [7, 11) is 0. The fourth-order valence-electron chi connectivity index (χ4n) is 6.08. The Labute approximate surface area is 292 Å². The highest BCUT2D eigenvalue weighted by molar-refractivity contribution is 6.35. The molecule has 0 radical (unpaired) electrons. The molecule has 0 unspecified atom stereocenters. The first-order chi connectivity index (χ1) is 22.8. The monoisotopic (exact) mass is 699 g/mol. The summed E-state index contributed by atoms with van der Waals surface area (Å²) in [5.41, 5.74) is 2.24. The van der Waals surface area contributed by atoms with Crippen molar-refractivity contribution in [1.82, 2.24) is 20.5 Å². The number of alkyl carbamates (subject to hydrolysis) is 1. The Balaban J connectivity index is 1.26. The van der Waals surface area contributed by atoms with Crippen LogP contribution in [0.4, 0.5) is 15.0 Å². The van der Waals surface area contributed by atoms with Crippen LogP contribution in [-0.2, 0) is 16.1 Å². The molecule has 0 bridgehead atoms. The van der Waals surface area contributed by atoms with E-state index >= 15 is 4.39 Å². The number of alkyl halides is 1. The molecule has 0 saturated carbocycles. The van der Waals surface area contributed by atoms with E-state index in [9.17, 15) is 9.59 Å². The lowest BCUT2D eigenvalue weighted by Crippen LogP contribution is -2.53. The number of ether oxygens (including phenoxy) is 2. The van der Waals surface area contributed by atoms with Crippen molar-refractivity contribution in [2.24, 2.45) is 5.92 Å². The van der Waals surface area contributed by atoms with Gasteiger partial charge in [-0.1, -0.05) is 23.2 Å². The minimum Gasteiger partial charge on any atom is -0.456 e. The number of hydrogen-bond acceptors (Lipinski definition) is 7. The van der Waals surface area contributed by atoms with Crippen LogP contribution in [0.1, 0.15) is 52.5 Å². The smallest absolute Gasteiger partial charge is 0.407 e. The molecule has 5 rings (SSSR count). The minimum atomic E-state index is -1.27. The van der Waals surface area contributed by atoms with Crippen LogP contribution in [0.25, 0.3) is 11.1 Å². The number of carbonyl (C=O) groups excluding carboxylic acids is 2. The number of aromatic nitrogens is 1. The van der Waals surface area contributed by atoms with Gasteiger partial charge in [0.05, 0.1) is 18.8 Å². The molecule has 1 aromatic heterocycles. The normalized spacial score (nSPS) is 19.1. The maximum absolute atomic E-state index is 15.1. The van der Waals surface area contributed by atoms with Crippen molar-refractivity contribution < 1.29 is 23.5 Å². The van der Waals surface area contributed by atoms with Gasteiger partial charge in [0.2, 0.25) is 5.91 Å². The van der Waals surface area contributed by atoms with E-state index in [0.717, 1.165) is 55.7 Å². The third-order valence-corrected chi connectivity index (χ3v) is 8.88. The summed E-state index contributed by atoms with van der Waals surface area (Å²) in [5, 5.41) is 6.70. The number of pyridine rings is 1. The molecule has 2 atom stereocenters. The molecular weight excluding hydrogens is 656 g/mol. The van der Waals surface area contributed by atoms with Gasteiger partial charge in [0.25, 0.3) is 0 Å². The molecule has 2 fully saturated rings. The number of anilines is 1. The van der Waals surface area contributed by atoms with Gasteiger partial charge in [-0.15, -0.1) is 0 Å². The van der Waals surface area contributed by atoms with Crippen LogP contribution in [-0.4, -0.2) is 72.4 Å². The highest BCUT2D eigenvalue weighted by atomic mass is 35.5. The van der Waals surface area contributed by atoms with Crippen LogP contribution in [0.3, 0.4) is 0 Å². The van der Waals surface area contributed by atoms with Gasteiger partial charge in [0.15, 0.2) is 0 Å². The highest BCUT2D eigenvalue weighted by Gasteiger charge is 2.32. The Morgan fingerprint density at radius 3 is 2.29 bits per heavy atom. The second-order valence-corrected chi connectivity index (χ2v) is 14.5. The van der Waals surface area contributed by atoms with E-state index in [-0.39, 0.29) is 12.5 Å². The molecule has 48 heavy (non-hydrogen) atoms.